The first kappa shape index (κ1) is 19.7. The molecule has 1 aliphatic heterocycles. The number of ether oxygens (including phenoxy) is 1. The summed E-state index contributed by atoms with van der Waals surface area (Å²) in [6.07, 6.45) is 2.07. The van der Waals surface area contributed by atoms with Crippen molar-refractivity contribution in [3.8, 4) is 5.75 Å². The molecule has 1 aliphatic rings. The quantitative estimate of drug-likeness (QED) is 0.756. The van der Waals surface area contributed by atoms with Gasteiger partial charge < -0.3 is 9.64 Å². The third-order valence-electron chi connectivity index (χ3n) is 4.81. The Morgan fingerprint density at radius 3 is 2.44 bits per heavy atom. The number of rotatable bonds is 6. The molecule has 1 fully saturated rings. The highest BCUT2D eigenvalue weighted by atomic mass is 32.2. The summed E-state index contributed by atoms with van der Waals surface area (Å²) < 4.78 is 18.9. The van der Waals surface area contributed by atoms with E-state index in [0.717, 1.165) is 30.0 Å². The first-order chi connectivity index (χ1) is 13.1. The van der Waals surface area contributed by atoms with Crippen LogP contribution in [0.2, 0.25) is 0 Å². The molecule has 0 atom stereocenters. The molecule has 1 saturated heterocycles. The Labute approximate surface area is 164 Å². The molecule has 1 amide bonds. The van der Waals surface area contributed by atoms with E-state index in [1.165, 1.54) is 17.7 Å². The predicted octanol–water partition coefficient (Wildman–Crippen LogP) is 3.66. The van der Waals surface area contributed by atoms with Gasteiger partial charge in [0.05, 0.1) is 7.11 Å². The number of halogens is 1. The summed E-state index contributed by atoms with van der Waals surface area (Å²) in [7, 11) is 1.60. The maximum atomic E-state index is 13.5. The van der Waals surface area contributed by atoms with Crippen molar-refractivity contribution in [1.29, 1.82) is 0 Å². The van der Waals surface area contributed by atoms with E-state index in [4.69, 9.17) is 4.74 Å². The Morgan fingerprint density at radius 1 is 1.11 bits per heavy atom. The molecule has 1 heterocycles. The molecule has 2 aromatic rings. The highest BCUT2D eigenvalue weighted by molar-refractivity contribution is 7.97. The van der Waals surface area contributed by atoms with Gasteiger partial charge >= 0.3 is 0 Å². The number of hydrogen-bond donors (Lipinski definition) is 0. The monoisotopic (exact) mass is 388 g/mol. The maximum Gasteiger partial charge on any atom is 0.253 e. The minimum absolute atomic E-state index is 0.0775. The fraction of sp³-hybridized carbons (Fsp3) is 0.381. The summed E-state index contributed by atoms with van der Waals surface area (Å²) >= 11 is 1.77. The van der Waals surface area contributed by atoms with Crippen LogP contribution in [0.5, 0.6) is 5.75 Å². The maximum absolute atomic E-state index is 13.5. The van der Waals surface area contributed by atoms with Gasteiger partial charge in [0, 0.05) is 49.6 Å². The van der Waals surface area contributed by atoms with Crippen LogP contribution in [-0.2, 0) is 12.3 Å². The third-order valence-corrected chi connectivity index (χ3v) is 5.43. The fourth-order valence-electron chi connectivity index (χ4n) is 3.31. The Bertz CT molecular complexity index is 774. The molecular weight excluding hydrogens is 363 g/mol. The van der Waals surface area contributed by atoms with E-state index in [9.17, 15) is 9.18 Å². The molecule has 2 aromatic carbocycles. The largest absolute Gasteiger partial charge is 0.496 e. The lowest BCUT2D eigenvalue weighted by Gasteiger charge is -2.35. The topological polar surface area (TPSA) is 32.8 Å². The Morgan fingerprint density at radius 2 is 1.81 bits per heavy atom. The molecule has 4 nitrogen and oxygen atoms in total. The Balaban J connectivity index is 1.57. The summed E-state index contributed by atoms with van der Waals surface area (Å²) in [5.41, 5.74) is 2.80. The van der Waals surface area contributed by atoms with E-state index < -0.39 is 0 Å². The Kier molecular flexibility index (Phi) is 6.74. The van der Waals surface area contributed by atoms with Crippen molar-refractivity contribution in [2.75, 3.05) is 39.5 Å². The molecule has 0 bridgehead atoms. The van der Waals surface area contributed by atoms with Gasteiger partial charge in [-0.2, -0.15) is 11.8 Å². The lowest BCUT2D eigenvalue weighted by molar-refractivity contribution is 0.0627. The van der Waals surface area contributed by atoms with Crippen LogP contribution in [0.25, 0.3) is 0 Å². The number of benzene rings is 2. The SMILES string of the molecule is COc1ccc(F)cc1CN1CCN(C(=O)c2ccc(CSC)cc2)CC1. The summed E-state index contributed by atoms with van der Waals surface area (Å²) in [4.78, 5) is 16.8. The van der Waals surface area contributed by atoms with Gasteiger partial charge in [-0.15, -0.1) is 0 Å². The van der Waals surface area contributed by atoms with Crippen molar-refractivity contribution in [3.05, 3.63) is 65.0 Å². The number of hydrogen-bond acceptors (Lipinski definition) is 4. The van der Waals surface area contributed by atoms with Crippen LogP contribution < -0.4 is 4.74 Å². The van der Waals surface area contributed by atoms with Gasteiger partial charge in [0.15, 0.2) is 0 Å². The highest BCUT2D eigenvalue weighted by Gasteiger charge is 2.23. The van der Waals surface area contributed by atoms with Crippen LogP contribution >= 0.6 is 11.8 Å². The van der Waals surface area contributed by atoms with Crippen LogP contribution in [0, 0.1) is 5.82 Å². The molecule has 3 rings (SSSR count). The van der Waals surface area contributed by atoms with Gasteiger partial charge in [-0.05, 0) is 42.2 Å². The molecule has 144 valence electrons. The van der Waals surface area contributed by atoms with E-state index in [1.54, 1.807) is 24.9 Å². The normalized spacial score (nSPS) is 15.0. The second-order valence-electron chi connectivity index (χ2n) is 6.65. The second kappa shape index (κ2) is 9.24. The third kappa shape index (κ3) is 5.02. The van der Waals surface area contributed by atoms with Crippen molar-refractivity contribution in [1.82, 2.24) is 9.80 Å². The van der Waals surface area contributed by atoms with Crippen LogP contribution in [-0.4, -0.2) is 55.3 Å². The minimum Gasteiger partial charge on any atom is -0.496 e. The smallest absolute Gasteiger partial charge is 0.253 e. The van der Waals surface area contributed by atoms with Gasteiger partial charge in [-0.25, -0.2) is 4.39 Å². The van der Waals surface area contributed by atoms with E-state index in [0.29, 0.717) is 25.4 Å². The zero-order valence-corrected chi connectivity index (χ0v) is 16.6. The van der Waals surface area contributed by atoms with Crippen LogP contribution in [0.3, 0.4) is 0 Å². The zero-order valence-electron chi connectivity index (χ0n) is 15.8. The number of carbonyl (C=O) groups is 1. The summed E-state index contributed by atoms with van der Waals surface area (Å²) in [5, 5.41) is 0. The standard InChI is InChI=1S/C21H25FN2O2S/c1-26-20-8-7-19(22)13-18(20)14-23-9-11-24(12-10-23)21(25)17-5-3-16(4-6-17)15-27-2/h3-8,13H,9-12,14-15H2,1-2H3. The van der Waals surface area contributed by atoms with Crippen LogP contribution in [0.4, 0.5) is 4.39 Å². The number of amides is 1. The molecular formula is C21H25FN2O2S. The van der Waals surface area contributed by atoms with E-state index in [-0.39, 0.29) is 11.7 Å². The Hall–Kier alpha value is -2.05. The number of nitrogens with zero attached hydrogens (tertiary/aromatic N) is 2. The van der Waals surface area contributed by atoms with Crippen molar-refractivity contribution in [2.45, 2.75) is 12.3 Å². The van der Waals surface area contributed by atoms with E-state index in [1.807, 2.05) is 29.2 Å². The van der Waals surface area contributed by atoms with Gasteiger partial charge in [-0.3, -0.25) is 9.69 Å². The highest BCUT2D eigenvalue weighted by Crippen LogP contribution is 2.22. The predicted molar refractivity (Wildman–Crippen MR) is 108 cm³/mol. The average molecular weight is 389 g/mol. The summed E-state index contributed by atoms with van der Waals surface area (Å²) in [6, 6.07) is 12.5. The van der Waals surface area contributed by atoms with E-state index in [2.05, 4.69) is 11.2 Å². The average Bonchev–Trinajstić information content (AvgIpc) is 2.69. The van der Waals surface area contributed by atoms with Crippen molar-refractivity contribution < 1.29 is 13.9 Å². The molecule has 0 aromatic heterocycles. The van der Waals surface area contributed by atoms with Crippen LogP contribution in [0.1, 0.15) is 21.5 Å². The van der Waals surface area contributed by atoms with Gasteiger partial charge in [-0.1, -0.05) is 12.1 Å². The summed E-state index contributed by atoms with van der Waals surface area (Å²) in [5.74, 6) is 1.47. The number of carbonyl (C=O) groups excluding carboxylic acids is 1. The first-order valence-electron chi connectivity index (χ1n) is 9.02. The van der Waals surface area contributed by atoms with Crippen molar-refractivity contribution in [2.24, 2.45) is 0 Å². The van der Waals surface area contributed by atoms with E-state index >= 15 is 0 Å². The lowest BCUT2D eigenvalue weighted by atomic mass is 10.1. The molecule has 0 spiro atoms. The first-order valence-corrected chi connectivity index (χ1v) is 10.4. The van der Waals surface area contributed by atoms with Gasteiger partial charge in [0.25, 0.3) is 5.91 Å². The molecule has 0 N–H and O–H groups in total. The molecule has 0 saturated carbocycles. The lowest BCUT2D eigenvalue weighted by Crippen LogP contribution is -2.48. The molecule has 6 heteroatoms. The van der Waals surface area contributed by atoms with Crippen LogP contribution in [0.15, 0.2) is 42.5 Å². The molecule has 0 aliphatic carbocycles. The van der Waals surface area contributed by atoms with Gasteiger partial charge in [0.1, 0.15) is 11.6 Å². The van der Waals surface area contributed by atoms with Crippen molar-refractivity contribution in [3.63, 3.8) is 0 Å². The number of methoxy groups -OCH3 is 1. The number of thioether (sulfide) groups is 1. The molecule has 0 unspecified atom stereocenters. The van der Waals surface area contributed by atoms with Crippen molar-refractivity contribution >= 4 is 17.7 Å². The zero-order chi connectivity index (χ0) is 19.2. The second-order valence-corrected chi connectivity index (χ2v) is 7.52. The molecule has 27 heavy (non-hydrogen) atoms. The number of piperazine rings is 1. The fourth-order valence-corrected chi connectivity index (χ4v) is 3.84. The van der Waals surface area contributed by atoms with Gasteiger partial charge in [0.2, 0.25) is 0 Å². The minimum atomic E-state index is -0.260. The summed E-state index contributed by atoms with van der Waals surface area (Å²) in [6.45, 7) is 3.48. The molecule has 0 radical (unpaired) electrons.